The Balaban J connectivity index is 2.64. The summed E-state index contributed by atoms with van der Waals surface area (Å²) in [6.45, 7) is 3.45. The van der Waals surface area contributed by atoms with Gasteiger partial charge in [-0.1, -0.05) is 13.8 Å². The predicted molar refractivity (Wildman–Crippen MR) is 87.3 cm³/mol. The first-order valence-corrected chi connectivity index (χ1v) is 8.82. The van der Waals surface area contributed by atoms with Crippen molar-refractivity contribution < 1.29 is 17.9 Å². The van der Waals surface area contributed by atoms with Crippen molar-refractivity contribution in [2.75, 3.05) is 24.2 Å². The number of aromatic amines is 1. The average molecular weight is 341 g/mol. The number of imidazole rings is 1. The smallest absolute Gasteiger partial charge is 0.234 e. The highest BCUT2D eigenvalue weighted by Gasteiger charge is 2.29. The van der Waals surface area contributed by atoms with Crippen molar-refractivity contribution in [3.63, 3.8) is 0 Å². The Morgan fingerprint density at radius 1 is 1.30 bits per heavy atom. The number of benzene rings is 1. The van der Waals surface area contributed by atoms with Crippen LogP contribution in [0.4, 0.5) is 10.3 Å². The van der Waals surface area contributed by atoms with Crippen LogP contribution in [0.5, 0.6) is 0 Å². The van der Waals surface area contributed by atoms with Gasteiger partial charge in [0, 0.05) is 18.0 Å². The molecule has 2 N–H and O–H groups in total. The molecule has 0 aliphatic carbocycles. The van der Waals surface area contributed by atoms with Gasteiger partial charge in [-0.3, -0.25) is 0 Å². The van der Waals surface area contributed by atoms with E-state index in [0.29, 0.717) is 17.0 Å². The van der Waals surface area contributed by atoms with Gasteiger partial charge in [0.15, 0.2) is 0 Å². The Kier molecular flexibility index (Phi) is 4.50. The molecule has 0 atom stereocenters. The first-order valence-electron chi connectivity index (χ1n) is 6.97. The molecular formula is C15H20FN3O3S. The van der Waals surface area contributed by atoms with Crippen molar-refractivity contribution in [2.24, 2.45) is 0 Å². The molecule has 0 bridgehead atoms. The van der Waals surface area contributed by atoms with E-state index in [2.05, 4.69) is 9.97 Å². The van der Waals surface area contributed by atoms with Crippen LogP contribution in [-0.2, 0) is 15.4 Å². The standard InChI is InChI=1S/C15H20FN3O3S/c1-15(2,9-20)13-12(10-5-7-11(16)8-6-10)17-14(18-13)19(3)23(4,21)22/h5-8,20H,9H2,1-4H3,(H,17,18). The second kappa shape index (κ2) is 5.93. The number of hydrogen-bond acceptors (Lipinski definition) is 4. The zero-order chi connectivity index (χ0) is 17.4. The van der Waals surface area contributed by atoms with Crippen molar-refractivity contribution in [3.8, 4) is 11.3 Å². The van der Waals surface area contributed by atoms with E-state index >= 15 is 0 Å². The van der Waals surface area contributed by atoms with Crippen LogP contribution in [0, 0.1) is 5.82 Å². The number of H-pyrrole nitrogens is 1. The summed E-state index contributed by atoms with van der Waals surface area (Å²) < 4.78 is 37.6. The number of sulfonamides is 1. The molecule has 0 fully saturated rings. The maximum Gasteiger partial charge on any atom is 0.234 e. The zero-order valence-corrected chi connectivity index (χ0v) is 14.3. The lowest BCUT2D eigenvalue weighted by Gasteiger charge is -2.21. The van der Waals surface area contributed by atoms with E-state index in [4.69, 9.17) is 0 Å². The molecule has 0 spiro atoms. The number of aliphatic hydroxyl groups is 1. The van der Waals surface area contributed by atoms with E-state index in [-0.39, 0.29) is 18.4 Å². The second-order valence-corrected chi connectivity index (χ2v) is 8.08. The molecule has 0 saturated heterocycles. The van der Waals surface area contributed by atoms with E-state index in [1.807, 2.05) is 0 Å². The summed E-state index contributed by atoms with van der Waals surface area (Å²) in [5.41, 5.74) is 1.02. The van der Waals surface area contributed by atoms with Crippen LogP contribution in [0.15, 0.2) is 24.3 Å². The molecule has 8 heteroatoms. The third kappa shape index (κ3) is 3.53. The third-order valence-electron chi connectivity index (χ3n) is 3.68. The highest BCUT2D eigenvalue weighted by Crippen LogP contribution is 2.33. The van der Waals surface area contributed by atoms with E-state index in [1.54, 1.807) is 26.0 Å². The van der Waals surface area contributed by atoms with Crippen LogP contribution >= 0.6 is 0 Å². The Labute approximate surface area is 135 Å². The Morgan fingerprint density at radius 2 is 1.87 bits per heavy atom. The largest absolute Gasteiger partial charge is 0.395 e. The van der Waals surface area contributed by atoms with Crippen LogP contribution in [0.3, 0.4) is 0 Å². The normalized spacial score (nSPS) is 12.4. The van der Waals surface area contributed by atoms with Crippen LogP contribution < -0.4 is 4.31 Å². The number of aromatic nitrogens is 2. The maximum atomic E-state index is 13.1. The number of anilines is 1. The second-order valence-electron chi connectivity index (χ2n) is 6.06. The highest BCUT2D eigenvalue weighted by atomic mass is 32.2. The Hall–Kier alpha value is -1.93. The van der Waals surface area contributed by atoms with Crippen molar-refractivity contribution in [1.29, 1.82) is 0 Å². The fourth-order valence-corrected chi connectivity index (χ4v) is 2.45. The van der Waals surface area contributed by atoms with Gasteiger partial charge in [-0.25, -0.2) is 22.1 Å². The van der Waals surface area contributed by atoms with E-state index in [9.17, 15) is 17.9 Å². The molecule has 126 valence electrons. The SMILES string of the molecule is CN(c1nc(-c2ccc(F)cc2)c(C(C)(C)CO)[nH]1)S(C)(=O)=O. The van der Waals surface area contributed by atoms with Crippen molar-refractivity contribution >= 4 is 16.0 Å². The van der Waals surface area contributed by atoms with Crippen LogP contribution in [0.1, 0.15) is 19.5 Å². The zero-order valence-electron chi connectivity index (χ0n) is 13.5. The number of rotatable bonds is 5. The molecule has 0 saturated carbocycles. The number of aliphatic hydroxyl groups excluding tert-OH is 1. The molecule has 0 amide bonds. The van der Waals surface area contributed by atoms with Crippen LogP contribution in [0.2, 0.25) is 0 Å². The highest BCUT2D eigenvalue weighted by molar-refractivity contribution is 7.92. The molecule has 2 aromatic rings. The van der Waals surface area contributed by atoms with Crippen molar-refractivity contribution in [1.82, 2.24) is 9.97 Å². The van der Waals surface area contributed by atoms with E-state index in [0.717, 1.165) is 10.6 Å². The third-order valence-corrected chi connectivity index (χ3v) is 4.84. The minimum Gasteiger partial charge on any atom is -0.395 e. The fraction of sp³-hybridized carbons (Fsp3) is 0.400. The maximum absolute atomic E-state index is 13.1. The first-order chi connectivity index (χ1) is 10.6. The fourth-order valence-electron chi connectivity index (χ4n) is 2.05. The van der Waals surface area contributed by atoms with E-state index in [1.165, 1.54) is 19.2 Å². The summed E-state index contributed by atoms with van der Waals surface area (Å²) in [5, 5.41) is 9.63. The molecule has 6 nitrogen and oxygen atoms in total. The van der Waals surface area contributed by atoms with Gasteiger partial charge in [-0.05, 0) is 24.3 Å². The lowest BCUT2D eigenvalue weighted by molar-refractivity contribution is 0.216. The minimum absolute atomic E-state index is 0.142. The molecule has 0 aliphatic heterocycles. The lowest BCUT2D eigenvalue weighted by Crippen LogP contribution is -2.27. The van der Waals surface area contributed by atoms with Crippen molar-refractivity contribution in [2.45, 2.75) is 19.3 Å². The molecule has 2 rings (SSSR count). The molecule has 1 aromatic carbocycles. The summed E-state index contributed by atoms with van der Waals surface area (Å²) in [6.07, 6.45) is 1.07. The number of halogens is 1. The lowest BCUT2D eigenvalue weighted by atomic mass is 9.87. The average Bonchev–Trinajstić information content (AvgIpc) is 2.92. The number of nitrogens with zero attached hydrogens (tertiary/aromatic N) is 2. The Bertz CT molecular complexity index is 798. The van der Waals surface area contributed by atoms with Gasteiger partial charge in [0.05, 0.1) is 24.3 Å². The molecular weight excluding hydrogens is 321 g/mol. The van der Waals surface area contributed by atoms with Gasteiger partial charge >= 0.3 is 0 Å². The molecule has 1 aromatic heterocycles. The van der Waals surface area contributed by atoms with Gasteiger partial charge in [-0.15, -0.1) is 0 Å². The Morgan fingerprint density at radius 3 is 2.35 bits per heavy atom. The number of hydrogen-bond donors (Lipinski definition) is 2. The molecule has 0 unspecified atom stereocenters. The van der Waals surface area contributed by atoms with Gasteiger partial charge < -0.3 is 10.1 Å². The van der Waals surface area contributed by atoms with Crippen molar-refractivity contribution in [3.05, 3.63) is 35.8 Å². The van der Waals surface area contributed by atoms with Gasteiger partial charge in [0.25, 0.3) is 0 Å². The van der Waals surface area contributed by atoms with Crippen LogP contribution in [-0.4, -0.2) is 43.4 Å². The quantitative estimate of drug-likeness (QED) is 0.869. The first kappa shape index (κ1) is 17.4. The monoisotopic (exact) mass is 341 g/mol. The number of nitrogens with one attached hydrogen (secondary N) is 1. The van der Waals surface area contributed by atoms with Gasteiger partial charge in [0.2, 0.25) is 16.0 Å². The molecule has 0 radical (unpaired) electrons. The summed E-state index contributed by atoms with van der Waals surface area (Å²) in [6, 6.07) is 5.73. The topological polar surface area (TPSA) is 86.3 Å². The molecule has 0 aliphatic rings. The summed E-state index contributed by atoms with van der Waals surface area (Å²) in [4.78, 5) is 7.32. The van der Waals surface area contributed by atoms with Crippen LogP contribution in [0.25, 0.3) is 11.3 Å². The van der Waals surface area contributed by atoms with E-state index < -0.39 is 15.4 Å². The van der Waals surface area contributed by atoms with Gasteiger partial charge in [0.1, 0.15) is 5.82 Å². The summed E-state index contributed by atoms with van der Waals surface area (Å²) in [7, 11) is -2.10. The molecule has 1 heterocycles. The summed E-state index contributed by atoms with van der Waals surface area (Å²) in [5.74, 6) is -0.232. The minimum atomic E-state index is -3.48. The van der Waals surface area contributed by atoms with Gasteiger partial charge in [-0.2, -0.15) is 0 Å². The predicted octanol–water partition coefficient (Wildman–Crippen LogP) is 1.88. The summed E-state index contributed by atoms with van der Waals surface area (Å²) >= 11 is 0. The molecule has 23 heavy (non-hydrogen) atoms.